The van der Waals surface area contributed by atoms with Crippen LogP contribution in [0.15, 0.2) is 30.6 Å². The molecule has 1 atom stereocenters. The molecule has 3 aromatic rings. The van der Waals surface area contributed by atoms with Gasteiger partial charge in [-0.2, -0.15) is 10.1 Å². The van der Waals surface area contributed by atoms with E-state index in [1.54, 1.807) is 6.33 Å². The van der Waals surface area contributed by atoms with Crippen LogP contribution in [0.4, 0.5) is 0 Å². The Morgan fingerprint density at radius 3 is 2.82 bits per heavy atom. The Morgan fingerprint density at radius 2 is 2.04 bits per heavy atom. The van der Waals surface area contributed by atoms with E-state index in [-0.39, 0.29) is 5.31 Å². The van der Waals surface area contributed by atoms with Gasteiger partial charge in [0.05, 0.1) is 5.69 Å². The zero-order valence-corrected chi connectivity index (χ0v) is 17.7. The zero-order chi connectivity index (χ0) is 19.9. The largest absolute Gasteiger partial charge is 0.298 e. The van der Waals surface area contributed by atoms with Gasteiger partial charge in [0.1, 0.15) is 14.2 Å². The van der Waals surface area contributed by atoms with Crippen LogP contribution in [-0.4, -0.2) is 45.4 Å². The van der Waals surface area contributed by atoms with Gasteiger partial charge in [-0.1, -0.05) is 32.0 Å². The van der Waals surface area contributed by atoms with Crippen LogP contribution in [0.25, 0.3) is 5.78 Å². The van der Waals surface area contributed by atoms with Gasteiger partial charge in [-0.25, -0.2) is 9.50 Å². The molecule has 0 aliphatic carbocycles. The standard InChI is InChI=1S/C22H30BN5/c1-15-7-8-17(11-19(15)22(3,4)23)12-27-9-5-6-18(13-27)20-10-16(2)26-21-24-14-25-28(20)21/h7-8,10-11,14,18H,5-6,9,12-13,23H2,1-4H3. The van der Waals surface area contributed by atoms with Crippen molar-refractivity contribution in [2.45, 2.75) is 58.3 Å². The average molecular weight is 375 g/mol. The second kappa shape index (κ2) is 7.32. The van der Waals surface area contributed by atoms with Crippen LogP contribution in [0.2, 0.25) is 0 Å². The second-order valence-electron chi connectivity index (χ2n) is 9.27. The van der Waals surface area contributed by atoms with Gasteiger partial charge in [0.25, 0.3) is 5.78 Å². The Morgan fingerprint density at radius 1 is 1.21 bits per heavy atom. The first-order valence-electron chi connectivity index (χ1n) is 10.3. The average Bonchev–Trinajstić information content (AvgIpc) is 3.10. The lowest BCUT2D eigenvalue weighted by Crippen LogP contribution is -2.34. The van der Waals surface area contributed by atoms with Crippen LogP contribution in [0, 0.1) is 13.8 Å². The van der Waals surface area contributed by atoms with Crippen LogP contribution < -0.4 is 0 Å². The highest BCUT2D eigenvalue weighted by Crippen LogP contribution is 2.29. The maximum atomic E-state index is 4.49. The summed E-state index contributed by atoms with van der Waals surface area (Å²) >= 11 is 0. The molecule has 1 fully saturated rings. The fourth-order valence-corrected chi connectivity index (χ4v) is 4.52. The molecule has 6 heteroatoms. The number of benzene rings is 1. The Balaban J connectivity index is 1.56. The summed E-state index contributed by atoms with van der Waals surface area (Å²) in [5.74, 6) is 1.17. The molecule has 0 radical (unpaired) electrons. The van der Waals surface area contributed by atoms with E-state index in [0.717, 1.165) is 25.3 Å². The summed E-state index contributed by atoms with van der Waals surface area (Å²) in [5.41, 5.74) is 6.50. The topological polar surface area (TPSA) is 46.3 Å². The molecule has 0 saturated carbocycles. The van der Waals surface area contributed by atoms with E-state index in [1.807, 2.05) is 11.4 Å². The summed E-state index contributed by atoms with van der Waals surface area (Å²) < 4.78 is 1.92. The number of hydrogen-bond acceptors (Lipinski definition) is 4. The molecular weight excluding hydrogens is 345 g/mol. The van der Waals surface area contributed by atoms with Gasteiger partial charge >= 0.3 is 0 Å². The minimum atomic E-state index is 0.178. The van der Waals surface area contributed by atoms with Crippen molar-refractivity contribution in [3.63, 3.8) is 0 Å². The number of likely N-dealkylation sites (tertiary alicyclic amines) is 1. The predicted molar refractivity (Wildman–Crippen MR) is 116 cm³/mol. The molecule has 0 spiro atoms. The first-order chi connectivity index (χ1) is 13.3. The minimum absolute atomic E-state index is 0.178. The highest BCUT2D eigenvalue weighted by Gasteiger charge is 2.25. The molecule has 0 N–H and O–H groups in total. The first-order valence-corrected chi connectivity index (χ1v) is 10.3. The highest BCUT2D eigenvalue weighted by molar-refractivity contribution is 6.15. The second-order valence-corrected chi connectivity index (χ2v) is 9.27. The minimum Gasteiger partial charge on any atom is -0.298 e. The lowest BCUT2D eigenvalue weighted by Gasteiger charge is -2.33. The fourth-order valence-electron chi connectivity index (χ4n) is 4.52. The molecule has 28 heavy (non-hydrogen) atoms. The molecule has 4 rings (SSSR count). The van der Waals surface area contributed by atoms with Crippen molar-refractivity contribution in [1.82, 2.24) is 24.5 Å². The number of hydrogen-bond donors (Lipinski definition) is 0. The summed E-state index contributed by atoms with van der Waals surface area (Å²) in [6.45, 7) is 12.1. The van der Waals surface area contributed by atoms with E-state index in [2.05, 4.69) is 72.8 Å². The van der Waals surface area contributed by atoms with Crippen molar-refractivity contribution in [2.24, 2.45) is 0 Å². The molecule has 1 aliphatic rings. The van der Waals surface area contributed by atoms with Crippen molar-refractivity contribution >= 4 is 13.6 Å². The number of nitrogens with zero attached hydrogens (tertiary/aromatic N) is 5. The zero-order valence-electron chi connectivity index (χ0n) is 17.7. The van der Waals surface area contributed by atoms with E-state index >= 15 is 0 Å². The van der Waals surface area contributed by atoms with Crippen molar-refractivity contribution in [1.29, 1.82) is 0 Å². The molecule has 0 bridgehead atoms. The smallest absolute Gasteiger partial charge is 0.252 e. The third-order valence-electron chi connectivity index (χ3n) is 5.85. The van der Waals surface area contributed by atoms with Gasteiger partial charge in [0, 0.05) is 24.7 Å². The van der Waals surface area contributed by atoms with E-state index in [9.17, 15) is 0 Å². The van der Waals surface area contributed by atoms with Gasteiger partial charge in [-0.3, -0.25) is 4.90 Å². The predicted octanol–water partition coefficient (Wildman–Crippen LogP) is 2.99. The van der Waals surface area contributed by atoms with Crippen LogP contribution in [0.3, 0.4) is 0 Å². The number of rotatable bonds is 4. The number of fused-ring (bicyclic) bond motifs is 1. The van der Waals surface area contributed by atoms with E-state index < -0.39 is 0 Å². The van der Waals surface area contributed by atoms with Gasteiger partial charge in [0.15, 0.2) is 0 Å². The normalized spacial score (nSPS) is 18.6. The van der Waals surface area contributed by atoms with Crippen LogP contribution >= 0.6 is 0 Å². The van der Waals surface area contributed by atoms with Crippen molar-refractivity contribution in [3.8, 4) is 0 Å². The molecule has 0 amide bonds. The lowest BCUT2D eigenvalue weighted by molar-refractivity contribution is 0.197. The summed E-state index contributed by atoms with van der Waals surface area (Å²) in [5, 5.41) is 4.60. The molecule has 1 saturated heterocycles. The summed E-state index contributed by atoms with van der Waals surface area (Å²) in [6.07, 6.45) is 4.00. The van der Waals surface area contributed by atoms with Gasteiger partial charge in [-0.05, 0) is 61.3 Å². The SMILES string of the molecule is BC(C)(C)c1cc(CN2CCCC(c3cc(C)nc4ncnn34)C2)ccc1C. The van der Waals surface area contributed by atoms with Crippen molar-refractivity contribution in [2.75, 3.05) is 13.1 Å². The third kappa shape index (κ3) is 3.83. The quantitative estimate of drug-likeness (QED) is 0.658. The Hall–Kier alpha value is -2.21. The molecular formula is C22H30BN5. The third-order valence-corrected chi connectivity index (χ3v) is 5.85. The van der Waals surface area contributed by atoms with Crippen LogP contribution in [-0.2, 0) is 11.9 Å². The van der Waals surface area contributed by atoms with Crippen LogP contribution in [0.5, 0.6) is 0 Å². The van der Waals surface area contributed by atoms with Crippen molar-refractivity contribution < 1.29 is 0 Å². The van der Waals surface area contributed by atoms with Gasteiger partial charge in [0.2, 0.25) is 0 Å². The molecule has 1 unspecified atom stereocenters. The number of aryl methyl sites for hydroxylation is 2. The van der Waals surface area contributed by atoms with Crippen molar-refractivity contribution in [3.05, 3.63) is 58.7 Å². The monoisotopic (exact) mass is 375 g/mol. The lowest BCUT2D eigenvalue weighted by atomic mass is 9.66. The summed E-state index contributed by atoms with van der Waals surface area (Å²) in [6, 6.07) is 9.16. The van der Waals surface area contributed by atoms with Gasteiger partial charge < -0.3 is 0 Å². The Kier molecular flexibility index (Phi) is 5.00. The summed E-state index contributed by atoms with van der Waals surface area (Å²) in [4.78, 5) is 11.4. The Bertz CT molecular complexity index is 988. The molecule has 5 nitrogen and oxygen atoms in total. The van der Waals surface area contributed by atoms with Crippen LogP contribution in [0.1, 0.15) is 60.7 Å². The molecule has 2 aromatic heterocycles. The number of aromatic nitrogens is 4. The maximum Gasteiger partial charge on any atom is 0.252 e. The molecule has 146 valence electrons. The van der Waals surface area contributed by atoms with E-state index in [0.29, 0.717) is 11.7 Å². The molecule has 3 heterocycles. The first kappa shape index (κ1) is 19.1. The highest BCUT2D eigenvalue weighted by atomic mass is 15.3. The fraction of sp³-hybridized carbons (Fsp3) is 0.500. The molecule has 1 aliphatic heterocycles. The van der Waals surface area contributed by atoms with E-state index in [4.69, 9.17) is 0 Å². The maximum absolute atomic E-state index is 4.49. The summed E-state index contributed by atoms with van der Waals surface area (Å²) in [7, 11) is 2.30. The molecule has 1 aromatic carbocycles. The van der Waals surface area contributed by atoms with Gasteiger partial charge in [-0.15, -0.1) is 0 Å². The Labute approximate surface area is 168 Å². The van der Waals surface area contributed by atoms with E-state index in [1.165, 1.54) is 35.2 Å². The number of piperidine rings is 1.